The summed E-state index contributed by atoms with van der Waals surface area (Å²) < 4.78 is 7.25. The summed E-state index contributed by atoms with van der Waals surface area (Å²) in [5.41, 5.74) is 3.58. The third-order valence-corrected chi connectivity index (χ3v) is 4.52. The van der Waals surface area contributed by atoms with Crippen molar-refractivity contribution >= 4 is 28.6 Å². The minimum absolute atomic E-state index is 0.160. The molecule has 0 saturated carbocycles. The Labute approximate surface area is 146 Å². The van der Waals surface area contributed by atoms with Crippen LogP contribution >= 0.6 is 0 Å². The highest BCUT2D eigenvalue weighted by atomic mass is 16.5. The van der Waals surface area contributed by atoms with Crippen LogP contribution in [0.1, 0.15) is 10.4 Å². The Morgan fingerprint density at radius 3 is 2.52 bits per heavy atom. The summed E-state index contributed by atoms with van der Waals surface area (Å²) in [5, 5.41) is 2.89. The molecule has 6 heteroatoms. The van der Waals surface area contributed by atoms with Crippen LogP contribution in [-0.2, 0) is 11.8 Å². The average Bonchev–Trinajstić information content (AvgIpc) is 2.98. The maximum atomic E-state index is 12.5. The van der Waals surface area contributed by atoms with Gasteiger partial charge in [-0.15, -0.1) is 0 Å². The van der Waals surface area contributed by atoms with Crippen LogP contribution in [0.5, 0.6) is 0 Å². The van der Waals surface area contributed by atoms with E-state index in [-0.39, 0.29) is 5.91 Å². The first kappa shape index (κ1) is 15.7. The number of rotatable bonds is 3. The van der Waals surface area contributed by atoms with Gasteiger partial charge in [0.05, 0.1) is 24.2 Å². The van der Waals surface area contributed by atoms with E-state index in [1.807, 2.05) is 60.1 Å². The fourth-order valence-corrected chi connectivity index (χ4v) is 3.08. The number of hydrogen-bond acceptors (Lipinski definition) is 4. The van der Waals surface area contributed by atoms with Crippen molar-refractivity contribution in [3.8, 4) is 0 Å². The van der Waals surface area contributed by atoms with E-state index >= 15 is 0 Å². The molecule has 2 heterocycles. The Kier molecular flexibility index (Phi) is 4.11. The molecular weight excluding hydrogens is 316 g/mol. The third-order valence-electron chi connectivity index (χ3n) is 4.52. The smallest absolute Gasteiger partial charge is 0.257 e. The Balaban J connectivity index is 1.51. The second-order valence-corrected chi connectivity index (χ2v) is 6.08. The number of benzene rings is 2. The van der Waals surface area contributed by atoms with Crippen LogP contribution in [0.25, 0.3) is 11.0 Å². The lowest BCUT2D eigenvalue weighted by Gasteiger charge is -2.28. The number of imidazole rings is 1. The summed E-state index contributed by atoms with van der Waals surface area (Å²) in [5.74, 6) is 0.385. The predicted molar refractivity (Wildman–Crippen MR) is 98.1 cm³/mol. The summed E-state index contributed by atoms with van der Waals surface area (Å²) >= 11 is 0. The molecule has 1 amide bonds. The number of amides is 1. The molecule has 1 N–H and O–H groups in total. The summed E-state index contributed by atoms with van der Waals surface area (Å²) in [7, 11) is 1.90. The number of carbonyl (C=O) groups excluding carboxylic acids is 1. The molecule has 3 aromatic rings. The van der Waals surface area contributed by atoms with E-state index in [4.69, 9.17) is 4.74 Å². The Morgan fingerprint density at radius 2 is 1.80 bits per heavy atom. The molecule has 25 heavy (non-hydrogen) atoms. The molecule has 1 saturated heterocycles. The number of para-hydroxylation sites is 2. The average molecular weight is 336 g/mol. The van der Waals surface area contributed by atoms with E-state index in [1.165, 1.54) is 0 Å². The van der Waals surface area contributed by atoms with Gasteiger partial charge >= 0.3 is 0 Å². The number of ether oxygens (including phenoxy) is 1. The minimum atomic E-state index is -0.160. The van der Waals surface area contributed by atoms with Crippen LogP contribution in [0.15, 0.2) is 48.5 Å². The number of morpholine rings is 1. The largest absolute Gasteiger partial charge is 0.378 e. The van der Waals surface area contributed by atoms with Gasteiger partial charge in [0.25, 0.3) is 5.91 Å². The van der Waals surface area contributed by atoms with Gasteiger partial charge in [-0.1, -0.05) is 12.1 Å². The Bertz CT molecular complexity index is 895. The predicted octanol–water partition coefficient (Wildman–Crippen LogP) is 2.66. The normalized spacial score (nSPS) is 14.7. The zero-order valence-corrected chi connectivity index (χ0v) is 14.1. The van der Waals surface area contributed by atoms with Crippen LogP contribution < -0.4 is 10.2 Å². The number of carbonyl (C=O) groups is 1. The van der Waals surface area contributed by atoms with Gasteiger partial charge in [-0.2, -0.15) is 0 Å². The molecule has 1 aromatic heterocycles. The van der Waals surface area contributed by atoms with Crippen molar-refractivity contribution in [3.63, 3.8) is 0 Å². The topological polar surface area (TPSA) is 59.4 Å². The zero-order chi connectivity index (χ0) is 17.2. The number of nitrogens with one attached hydrogen (secondary N) is 1. The van der Waals surface area contributed by atoms with Gasteiger partial charge in [0.2, 0.25) is 5.95 Å². The van der Waals surface area contributed by atoms with Gasteiger partial charge in [-0.05, 0) is 36.4 Å². The molecule has 0 atom stereocenters. The van der Waals surface area contributed by atoms with Crippen LogP contribution in [-0.4, -0.2) is 41.8 Å². The van der Waals surface area contributed by atoms with Crippen molar-refractivity contribution in [2.45, 2.75) is 0 Å². The Hall–Kier alpha value is -2.86. The maximum absolute atomic E-state index is 12.5. The van der Waals surface area contributed by atoms with Crippen molar-refractivity contribution < 1.29 is 9.53 Å². The number of aryl methyl sites for hydroxylation is 1. The first-order valence-electron chi connectivity index (χ1n) is 8.38. The summed E-state index contributed by atoms with van der Waals surface area (Å²) in [4.78, 5) is 19.3. The standard InChI is InChI=1S/C19H20N4O2/c1-22-17-5-3-2-4-16(17)20-19(22)21-18(24)14-6-8-15(9-7-14)23-10-12-25-13-11-23/h2-9H,10-13H2,1H3,(H,20,21,24). The van der Waals surface area contributed by atoms with Crippen LogP contribution in [0.3, 0.4) is 0 Å². The quantitative estimate of drug-likeness (QED) is 0.799. The van der Waals surface area contributed by atoms with Crippen molar-refractivity contribution in [1.29, 1.82) is 0 Å². The van der Waals surface area contributed by atoms with Crippen molar-refractivity contribution in [2.24, 2.45) is 7.05 Å². The maximum Gasteiger partial charge on any atom is 0.257 e. The summed E-state index contributed by atoms with van der Waals surface area (Å²) in [6.45, 7) is 3.25. The molecule has 1 fully saturated rings. The molecule has 128 valence electrons. The monoisotopic (exact) mass is 336 g/mol. The lowest BCUT2D eigenvalue weighted by Crippen LogP contribution is -2.36. The van der Waals surface area contributed by atoms with E-state index in [1.54, 1.807) is 0 Å². The van der Waals surface area contributed by atoms with Gasteiger partial charge in [-0.25, -0.2) is 4.98 Å². The number of aromatic nitrogens is 2. The second kappa shape index (κ2) is 6.57. The molecule has 0 spiro atoms. The lowest BCUT2D eigenvalue weighted by atomic mass is 10.2. The molecular formula is C19H20N4O2. The van der Waals surface area contributed by atoms with Crippen molar-refractivity contribution in [2.75, 3.05) is 36.5 Å². The molecule has 0 aliphatic carbocycles. The summed E-state index contributed by atoms with van der Waals surface area (Å²) in [6, 6.07) is 15.5. The Morgan fingerprint density at radius 1 is 1.08 bits per heavy atom. The van der Waals surface area contributed by atoms with Gasteiger partial charge in [0, 0.05) is 31.4 Å². The third kappa shape index (κ3) is 3.08. The minimum Gasteiger partial charge on any atom is -0.378 e. The molecule has 0 unspecified atom stereocenters. The fraction of sp³-hybridized carbons (Fsp3) is 0.263. The highest BCUT2D eigenvalue weighted by Crippen LogP contribution is 2.20. The van der Waals surface area contributed by atoms with Crippen molar-refractivity contribution in [1.82, 2.24) is 9.55 Å². The molecule has 0 radical (unpaired) electrons. The first-order chi connectivity index (χ1) is 12.2. The van der Waals surface area contributed by atoms with Crippen LogP contribution in [0, 0.1) is 0 Å². The van der Waals surface area contributed by atoms with E-state index in [9.17, 15) is 4.79 Å². The molecule has 1 aliphatic heterocycles. The van der Waals surface area contributed by atoms with Crippen molar-refractivity contribution in [3.05, 3.63) is 54.1 Å². The van der Waals surface area contributed by atoms with Crippen LogP contribution in [0.4, 0.5) is 11.6 Å². The fourth-order valence-electron chi connectivity index (χ4n) is 3.08. The van der Waals surface area contributed by atoms with E-state index < -0.39 is 0 Å². The number of hydrogen-bond donors (Lipinski definition) is 1. The molecule has 6 nitrogen and oxygen atoms in total. The van der Waals surface area contributed by atoms with Gasteiger partial charge in [0.15, 0.2) is 0 Å². The highest BCUT2D eigenvalue weighted by molar-refractivity contribution is 6.04. The van der Waals surface area contributed by atoms with E-state index in [0.717, 1.165) is 43.0 Å². The lowest BCUT2D eigenvalue weighted by molar-refractivity contribution is 0.102. The molecule has 1 aliphatic rings. The number of fused-ring (bicyclic) bond motifs is 1. The summed E-state index contributed by atoms with van der Waals surface area (Å²) in [6.07, 6.45) is 0. The highest BCUT2D eigenvalue weighted by Gasteiger charge is 2.14. The second-order valence-electron chi connectivity index (χ2n) is 6.08. The SMILES string of the molecule is Cn1c(NC(=O)c2ccc(N3CCOCC3)cc2)nc2ccccc21. The molecule has 4 rings (SSSR count). The molecule has 2 aromatic carbocycles. The first-order valence-corrected chi connectivity index (χ1v) is 8.38. The number of nitrogens with zero attached hydrogens (tertiary/aromatic N) is 3. The van der Waals surface area contributed by atoms with Gasteiger partial charge in [0.1, 0.15) is 0 Å². The molecule has 0 bridgehead atoms. The van der Waals surface area contributed by atoms with Gasteiger partial charge < -0.3 is 14.2 Å². The van der Waals surface area contributed by atoms with Crippen LogP contribution in [0.2, 0.25) is 0 Å². The van der Waals surface area contributed by atoms with Gasteiger partial charge in [-0.3, -0.25) is 10.1 Å². The van der Waals surface area contributed by atoms with E-state index in [0.29, 0.717) is 11.5 Å². The number of anilines is 2. The zero-order valence-electron chi connectivity index (χ0n) is 14.1. The van der Waals surface area contributed by atoms with E-state index in [2.05, 4.69) is 15.2 Å².